The maximum Gasteiger partial charge on any atom is 0.151 e. The predicted molar refractivity (Wildman–Crippen MR) is 66.8 cm³/mol. The van der Waals surface area contributed by atoms with Crippen molar-refractivity contribution in [2.24, 2.45) is 0 Å². The van der Waals surface area contributed by atoms with Crippen molar-refractivity contribution in [3.8, 4) is 0 Å². The normalized spacial score (nSPS) is 21.6. The van der Waals surface area contributed by atoms with Gasteiger partial charge in [0, 0.05) is 19.2 Å². The Kier molecular flexibility index (Phi) is 4.71. The number of hydrogen-bond acceptors (Lipinski definition) is 4. The van der Waals surface area contributed by atoms with Gasteiger partial charge in [-0.15, -0.1) is 5.10 Å². The van der Waals surface area contributed by atoms with Gasteiger partial charge >= 0.3 is 0 Å². The Labute approximate surface area is 107 Å². The van der Waals surface area contributed by atoms with E-state index in [1.807, 2.05) is 6.07 Å². The van der Waals surface area contributed by atoms with Crippen LogP contribution in [0.3, 0.4) is 0 Å². The van der Waals surface area contributed by atoms with Crippen LogP contribution in [0.5, 0.6) is 0 Å². The van der Waals surface area contributed by atoms with E-state index in [0.717, 1.165) is 25.2 Å². The molecule has 4 nitrogen and oxygen atoms in total. The van der Waals surface area contributed by atoms with E-state index in [4.69, 9.17) is 16.7 Å². The third-order valence-corrected chi connectivity index (χ3v) is 3.47. The van der Waals surface area contributed by atoms with Crippen LogP contribution in [-0.4, -0.2) is 39.4 Å². The summed E-state index contributed by atoms with van der Waals surface area (Å²) in [7, 11) is 0. The Hall–Kier alpha value is -0.710. The summed E-state index contributed by atoms with van der Waals surface area (Å²) in [6.45, 7) is 2.14. The van der Waals surface area contributed by atoms with Crippen molar-refractivity contribution in [2.75, 3.05) is 13.2 Å². The largest absolute Gasteiger partial charge is 0.396 e. The number of halogens is 1. The molecule has 2 rings (SSSR count). The van der Waals surface area contributed by atoms with Crippen LogP contribution in [0.2, 0.25) is 5.15 Å². The van der Waals surface area contributed by atoms with Crippen molar-refractivity contribution in [1.82, 2.24) is 15.1 Å². The van der Waals surface area contributed by atoms with E-state index in [1.54, 1.807) is 6.07 Å². The molecule has 0 aromatic carbocycles. The molecule has 1 fully saturated rings. The van der Waals surface area contributed by atoms with E-state index in [1.165, 1.54) is 19.3 Å². The molecule has 1 N–H and O–H groups in total. The van der Waals surface area contributed by atoms with E-state index in [2.05, 4.69) is 15.1 Å². The van der Waals surface area contributed by atoms with Crippen LogP contribution >= 0.6 is 11.6 Å². The van der Waals surface area contributed by atoms with Gasteiger partial charge in [-0.1, -0.05) is 18.0 Å². The zero-order chi connectivity index (χ0) is 12.1. The summed E-state index contributed by atoms with van der Waals surface area (Å²) < 4.78 is 0. The summed E-state index contributed by atoms with van der Waals surface area (Å²) >= 11 is 5.71. The SMILES string of the molecule is OCCC1CCCCN1Cc1ccc(Cl)nn1. The van der Waals surface area contributed by atoms with Crippen LogP contribution in [0, 0.1) is 0 Å². The van der Waals surface area contributed by atoms with E-state index >= 15 is 0 Å². The maximum atomic E-state index is 9.07. The molecule has 2 heterocycles. The predicted octanol–water partition coefficient (Wildman–Crippen LogP) is 1.87. The molecule has 0 amide bonds. The highest BCUT2D eigenvalue weighted by Crippen LogP contribution is 2.21. The molecule has 0 radical (unpaired) electrons. The second-order valence-electron chi connectivity index (χ2n) is 4.48. The second kappa shape index (κ2) is 6.28. The quantitative estimate of drug-likeness (QED) is 0.892. The lowest BCUT2D eigenvalue weighted by Crippen LogP contribution is -2.39. The van der Waals surface area contributed by atoms with E-state index in [9.17, 15) is 0 Å². The summed E-state index contributed by atoms with van der Waals surface area (Å²) in [5.41, 5.74) is 0.944. The Morgan fingerprint density at radius 3 is 2.94 bits per heavy atom. The second-order valence-corrected chi connectivity index (χ2v) is 4.87. The van der Waals surface area contributed by atoms with Crippen molar-refractivity contribution in [3.05, 3.63) is 23.0 Å². The van der Waals surface area contributed by atoms with Crippen LogP contribution in [-0.2, 0) is 6.54 Å². The monoisotopic (exact) mass is 255 g/mol. The molecule has 1 aliphatic rings. The Morgan fingerprint density at radius 2 is 2.24 bits per heavy atom. The first kappa shape index (κ1) is 12.7. The molecule has 17 heavy (non-hydrogen) atoms. The molecule has 1 aromatic heterocycles. The van der Waals surface area contributed by atoms with Gasteiger partial charge in [0.25, 0.3) is 0 Å². The summed E-state index contributed by atoms with van der Waals surface area (Å²) in [6, 6.07) is 4.17. The van der Waals surface area contributed by atoms with Crippen LogP contribution in [0.25, 0.3) is 0 Å². The fourth-order valence-corrected chi connectivity index (χ4v) is 2.48. The minimum atomic E-state index is 0.257. The lowest BCUT2D eigenvalue weighted by molar-refractivity contribution is 0.111. The van der Waals surface area contributed by atoms with Gasteiger partial charge in [-0.3, -0.25) is 4.90 Å². The fourth-order valence-electron chi connectivity index (χ4n) is 2.38. The standard InChI is InChI=1S/C12H18ClN3O/c13-12-5-4-10(14-15-12)9-16-7-2-1-3-11(16)6-8-17/h4-5,11,17H,1-3,6-9H2. The molecule has 0 spiro atoms. The van der Waals surface area contributed by atoms with Crippen molar-refractivity contribution in [3.63, 3.8) is 0 Å². The van der Waals surface area contributed by atoms with Crippen molar-refractivity contribution >= 4 is 11.6 Å². The molecule has 1 saturated heterocycles. The average molecular weight is 256 g/mol. The minimum absolute atomic E-state index is 0.257. The van der Waals surface area contributed by atoms with Gasteiger partial charge in [0.2, 0.25) is 0 Å². The van der Waals surface area contributed by atoms with Gasteiger partial charge in [-0.25, -0.2) is 0 Å². The molecular weight excluding hydrogens is 238 g/mol. The lowest BCUT2D eigenvalue weighted by atomic mass is 9.99. The third kappa shape index (κ3) is 3.63. The highest BCUT2D eigenvalue weighted by Gasteiger charge is 2.22. The van der Waals surface area contributed by atoms with Gasteiger partial charge < -0.3 is 5.11 Å². The van der Waals surface area contributed by atoms with Crippen LogP contribution in [0.1, 0.15) is 31.4 Å². The number of nitrogens with zero attached hydrogens (tertiary/aromatic N) is 3. The Balaban J connectivity index is 1.97. The Morgan fingerprint density at radius 1 is 1.35 bits per heavy atom. The average Bonchev–Trinajstić information content (AvgIpc) is 2.35. The lowest BCUT2D eigenvalue weighted by Gasteiger charge is -2.35. The number of aromatic nitrogens is 2. The molecular formula is C12H18ClN3O. The molecule has 0 aliphatic carbocycles. The smallest absolute Gasteiger partial charge is 0.151 e. The number of rotatable bonds is 4. The van der Waals surface area contributed by atoms with Crippen LogP contribution in [0.15, 0.2) is 12.1 Å². The summed E-state index contributed by atoms with van der Waals surface area (Å²) in [5.74, 6) is 0. The molecule has 0 bridgehead atoms. The van der Waals surface area contributed by atoms with E-state index in [-0.39, 0.29) is 6.61 Å². The summed E-state index contributed by atoms with van der Waals surface area (Å²) in [6.07, 6.45) is 4.50. The van der Waals surface area contributed by atoms with Crippen LogP contribution in [0.4, 0.5) is 0 Å². The first-order valence-electron chi connectivity index (χ1n) is 6.12. The van der Waals surface area contributed by atoms with Gasteiger partial charge in [0.05, 0.1) is 5.69 Å². The first-order valence-corrected chi connectivity index (χ1v) is 6.50. The van der Waals surface area contributed by atoms with E-state index in [0.29, 0.717) is 11.2 Å². The zero-order valence-corrected chi connectivity index (χ0v) is 10.6. The molecule has 94 valence electrons. The fraction of sp³-hybridized carbons (Fsp3) is 0.667. The van der Waals surface area contributed by atoms with Gasteiger partial charge in [-0.2, -0.15) is 5.10 Å². The first-order chi connectivity index (χ1) is 8.29. The third-order valence-electron chi connectivity index (χ3n) is 3.26. The van der Waals surface area contributed by atoms with Crippen molar-refractivity contribution < 1.29 is 5.11 Å². The van der Waals surface area contributed by atoms with Crippen LogP contribution < -0.4 is 0 Å². The topological polar surface area (TPSA) is 49.2 Å². The number of hydrogen-bond donors (Lipinski definition) is 1. The molecule has 0 saturated carbocycles. The number of piperidine rings is 1. The van der Waals surface area contributed by atoms with Gasteiger partial charge in [-0.05, 0) is 37.9 Å². The molecule has 1 unspecified atom stereocenters. The molecule has 1 aromatic rings. The number of aliphatic hydroxyl groups excluding tert-OH is 1. The zero-order valence-electron chi connectivity index (χ0n) is 9.85. The van der Waals surface area contributed by atoms with Crippen molar-refractivity contribution in [1.29, 1.82) is 0 Å². The van der Waals surface area contributed by atoms with Gasteiger partial charge in [0.15, 0.2) is 5.15 Å². The maximum absolute atomic E-state index is 9.07. The molecule has 1 aliphatic heterocycles. The van der Waals surface area contributed by atoms with Crippen molar-refractivity contribution in [2.45, 2.75) is 38.3 Å². The minimum Gasteiger partial charge on any atom is -0.396 e. The molecule has 1 atom stereocenters. The highest BCUT2D eigenvalue weighted by atomic mass is 35.5. The van der Waals surface area contributed by atoms with E-state index < -0.39 is 0 Å². The molecule has 5 heteroatoms. The number of likely N-dealkylation sites (tertiary alicyclic amines) is 1. The Bertz CT molecular complexity index is 342. The van der Waals surface area contributed by atoms with Gasteiger partial charge in [0.1, 0.15) is 0 Å². The summed E-state index contributed by atoms with van der Waals surface area (Å²) in [5, 5.41) is 17.4. The highest BCUT2D eigenvalue weighted by molar-refractivity contribution is 6.29. The summed E-state index contributed by atoms with van der Waals surface area (Å²) in [4.78, 5) is 2.39. The number of aliphatic hydroxyl groups is 1.